The number of alkyl carbamates (subject to hydrolysis) is 1. The van der Waals surface area contributed by atoms with Gasteiger partial charge in [0.1, 0.15) is 17.7 Å². The summed E-state index contributed by atoms with van der Waals surface area (Å²) in [6, 6.07) is -0.880. The van der Waals surface area contributed by atoms with E-state index in [-0.39, 0.29) is 18.3 Å². The molecule has 0 aliphatic rings. The number of carbonyl (C=O) groups is 3. The molecule has 158 valence electrons. The topological polar surface area (TPSA) is 102 Å². The Morgan fingerprint density at radius 2 is 1.70 bits per heavy atom. The molecule has 27 heavy (non-hydrogen) atoms. The summed E-state index contributed by atoms with van der Waals surface area (Å²) >= 11 is 0. The fraction of sp³-hybridized carbons (Fsp3) is 0.850. The van der Waals surface area contributed by atoms with E-state index in [9.17, 15) is 14.4 Å². The van der Waals surface area contributed by atoms with E-state index in [1.165, 1.54) is 0 Å². The first kappa shape index (κ1) is 25.2. The molecule has 2 N–H and O–H groups in total. The molecule has 0 aromatic rings. The van der Waals surface area contributed by atoms with Crippen molar-refractivity contribution in [3.05, 3.63) is 0 Å². The molecular formula is C20H37NO6. The van der Waals surface area contributed by atoms with Gasteiger partial charge in [0.15, 0.2) is 0 Å². The summed E-state index contributed by atoms with van der Waals surface area (Å²) in [7, 11) is 0. The van der Waals surface area contributed by atoms with Crippen LogP contribution in [0, 0.1) is 11.8 Å². The molecule has 0 saturated heterocycles. The maximum absolute atomic E-state index is 12.7. The molecule has 0 unspecified atom stereocenters. The highest BCUT2D eigenvalue weighted by molar-refractivity contribution is 5.81. The van der Waals surface area contributed by atoms with E-state index in [0.717, 1.165) is 19.3 Å². The van der Waals surface area contributed by atoms with Crippen molar-refractivity contribution in [2.75, 3.05) is 0 Å². The van der Waals surface area contributed by atoms with Gasteiger partial charge in [0.25, 0.3) is 0 Å². The summed E-state index contributed by atoms with van der Waals surface area (Å²) < 4.78 is 10.7. The van der Waals surface area contributed by atoms with Gasteiger partial charge < -0.3 is 19.9 Å². The third-order valence-corrected chi connectivity index (χ3v) is 3.97. The quantitative estimate of drug-likeness (QED) is 0.517. The molecule has 0 radical (unpaired) electrons. The number of rotatable bonds is 11. The van der Waals surface area contributed by atoms with E-state index in [2.05, 4.69) is 5.32 Å². The highest BCUT2D eigenvalue weighted by Gasteiger charge is 2.31. The van der Waals surface area contributed by atoms with Crippen LogP contribution in [0.1, 0.15) is 80.6 Å². The van der Waals surface area contributed by atoms with Gasteiger partial charge in [-0.25, -0.2) is 9.59 Å². The van der Waals surface area contributed by atoms with Crippen LogP contribution in [-0.4, -0.2) is 40.9 Å². The lowest BCUT2D eigenvalue weighted by atomic mass is 9.95. The van der Waals surface area contributed by atoms with Gasteiger partial charge in [-0.15, -0.1) is 0 Å². The molecule has 0 aliphatic carbocycles. The smallest absolute Gasteiger partial charge is 0.408 e. The molecule has 0 saturated carbocycles. The molecule has 0 rings (SSSR count). The standard InChI is InChI=1S/C20H37NO6/c1-8-9-10-14(4)16(12-17(22)23)26-18(24)15(11-13(2)3)21-19(25)27-20(5,6)7/h13-16H,8-12H2,1-7H3,(H,21,25)(H,22,23)/t14-,15+,16-/m0/s1. The van der Waals surface area contributed by atoms with Crippen LogP contribution in [-0.2, 0) is 19.1 Å². The summed E-state index contributed by atoms with van der Waals surface area (Å²) in [5.74, 6) is -1.58. The number of hydrogen-bond donors (Lipinski definition) is 2. The average molecular weight is 388 g/mol. The lowest BCUT2D eigenvalue weighted by Gasteiger charge is -2.27. The molecule has 0 aliphatic heterocycles. The zero-order valence-electron chi connectivity index (χ0n) is 17.8. The van der Waals surface area contributed by atoms with Crippen LogP contribution in [0.4, 0.5) is 4.79 Å². The van der Waals surface area contributed by atoms with Gasteiger partial charge in [-0.1, -0.05) is 40.5 Å². The number of carbonyl (C=O) groups excluding carboxylic acids is 2. The van der Waals surface area contributed by atoms with Crippen LogP contribution in [0.5, 0.6) is 0 Å². The lowest BCUT2D eigenvalue weighted by Crippen LogP contribution is -2.46. The van der Waals surface area contributed by atoms with E-state index >= 15 is 0 Å². The van der Waals surface area contributed by atoms with Gasteiger partial charge in [0.05, 0.1) is 6.42 Å². The van der Waals surface area contributed by atoms with E-state index in [0.29, 0.717) is 6.42 Å². The van der Waals surface area contributed by atoms with E-state index < -0.39 is 35.8 Å². The number of hydrogen-bond acceptors (Lipinski definition) is 5. The van der Waals surface area contributed by atoms with Crippen molar-refractivity contribution in [2.24, 2.45) is 11.8 Å². The number of esters is 1. The van der Waals surface area contributed by atoms with Crippen LogP contribution in [0.15, 0.2) is 0 Å². The van der Waals surface area contributed by atoms with Crippen LogP contribution in [0.25, 0.3) is 0 Å². The molecule has 0 fully saturated rings. The summed E-state index contributed by atoms with van der Waals surface area (Å²) in [6.45, 7) is 13.0. The van der Waals surface area contributed by atoms with Crippen molar-refractivity contribution in [3.8, 4) is 0 Å². The number of unbranched alkanes of at least 4 members (excludes halogenated alkanes) is 1. The highest BCUT2D eigenvalue weighted by Crippen LogP contribution is 2.20. The molecule has 7 heteroatoms. The zero-order valence-corrected chi connectivity index (χ0v) is 17.8. The summed E-state index contributed by atoms with van der Waals surface area (Å²) in [4.78, 5) is 35.9. The van der Waals surface area contributed by atoms with Crippen LogP contribution in [0.3, 0.4) is 0 Å². The first-order valence-corrected chi connectivity index (χ1v) is 9.77. The van der Waals surface area contributed by atoms with Crippen molar-refractivity contribution >= 4 is 18.0 Å². The van der Waals surface area contributed by atoms with E-state index in [1.807, 2.05) is 27.7 Å². The van der Waals surface area contributed by atoms with Gasteiger partial charge in [0, 0.05) is 0 Å². The average Bonchev–Trinajstić information content (AvgIpc) is 2.48. The third-order valence-electron chi connectivity index (χ3n) is 3.97. The maximum Gasteiger partial charge on any atom is 0.408 e. The summed E-state index contributed by atoms with van der Waals surface area (Å²) in [5, 5.41) is 11.7. The monoisotopic (exact) mass is 387 g/mol. The third kappa shape index (κ3) is 12.3. The van der Waals surface area contributed by atoms with Crippen LogP contribution >= 0.6 is 0 Å². The number of carboxylic acids is 1. The van der Waals surface area contributed by atoms with Crippen LogP contribution in [0.2, 0.25) is 0 Å². The summed E-state index contributed by atoms with van der Waals surface area (Å²) in [6.07, 6.45) is 1.39. The molecule has 0 heterocycles. The molecular weight excluding hydrogens is 350 g/mol. The Bertz CT molecular complexity index is 483. The van der Waals surface area contributed by atoms with Crippen molar-refractivity contribution in [1.29, 1.82) is 0 Å². The van der Waals surface area contributed by atoms with Crippen molar-refractivity contribution in [2.45, 2.75) is 98.3 Å². The second-order valence-corrected chi connectivity index (χ2v) is 8.52. The van der Waals surface area contributed by atoms with Gasteiger partial charge in [0.2, 0.25) is 0 Å². The summed E-state index contributed by atoms with van der Waals surface area (Å²) in [5.41, 5.74) is -0.684. The highest BCUT2D eigenvalue weighted by atomic mass is 16.6. The minimum Gasteiger partial charge on any atom is -0.481 e. The predicted octanol–water partition coefficient (Wildman–Crippen LogP) is 4.14. The fourth-order valence-electron chi connectivity index (χ4n) is 2.61. The fourth-order valence-corrected chi connectivity index (χ4v) is 2.61. The Kier molecular flexibility index (Phi) is 11.0. The number of carboxylic acid groups (broad SMARTS) is 1. The molecule has 3 atom stereocenters. The number of nitrogens with one attached hydrogen (secondary N) is 1. The molecule has 0 bridgehead atoms. The Hall–Kier alpha value is -1.79. The van der Waals surface area contributed by atoms with E-state index in [1.54, 1.807) is 20.8 Å². The first-order chi connectivity index (χ1) is 12.4. The van der Waals surface area contributed by atoms with Gasteiger partial charge in [-0.3, -0.25) is 4.79 Å². The van der Waals surface area contributed by atoms with E-state index in [4.69, 9.17) is 14.6 Å². The normalized spacial score (nSPS) is 15.0. The minimum atomic E-state index is -1.02. The lowest BCUT2D eigenvalue weighted by molar-refractivity contribution is -0.158. The molecule has 1 amide bonds. The molecule has 0 aromatic heterocycles. The molecule has 7 nitrogen and oxygen atoms in total. The Morgan fingerprint density at radius 1 is 1.11 bits per heavy atom. The van der Waals surface area contributed by atoms with Crippen LogP contribution < -0.4 is 5.32 Å². The van der Waals surface area contributed by atoms with Crippen molar-refractivity contribution in [3.63, 3.8) is 0 Å². The maximum atomic E-state index is 12.7. The molecule has 0 spiro atoms. The SMILES string of the molecule is CCCC[C@H](C)[C@H](CC(=O)O)OC(=O)[C@@H](CC(C)C)NC(=O)OC(C)(C)C. The number of ether oxygens (including phenoxy) is 2. The van der Waals surface area contributed by atoms with Gasteiger partial charge in [-0.05, 0) is 45.4 Å². The number of amides is 1. The zero-order chi connectivity index (χ0) is 21.2. The van der Waals surface area contributed by atoms with Gasteiger partial charge >= 0.3 is 18.0 Å². The largest absolute Gasteiger partial charge is 0.481 e. The predicted molar refractivity (Wildman–Crippen MR) is 103 cm³/mol. The second kappa shape index (κ2) is 11.8. The van der Waals surface area contributed by atoms with Gasteiger partial charge in [-0.2, -0.15) is 0 Å². The molecule has 0 aromatic carbocycles. The minimum absolute atomic E-state index is 0.0776. The Morgan fingerprint density at radius 3 is 2.15 bits per heavy atom. The van der Waals surface area contributed by atoms with Crippen molar-refractivity contribution < 1.29 is 29.0 Å². The van der Waals surface area contributed by atoms with Crippen molar-refractivity contribution in [1.82, 2.24) is 5.32 Å². The second-order valence-electron chi connectivity index (χ2n) is 8.52. The number of aliphatic carboxylic acids is 1. The Balaban J connectivity index is 5.13. The first-order valence-electron chi connectivity index (χ1n) is 9.77. The Labute approximate surface area is 163 Å².